The van der Waals surface area contributed by atoms with Crippen molar-refractivity contribution in [2.75, 3.05) is 14.1 Å². The van der Waals surface area contributed by atoms with E-state index in [9.17, 15) is 4.79 Å². The molecule has 0 fully saturated rings. The molecule has 0 aliphatic rings. The number of nitrogens with zero attached hydrogens (tertiary/aromatic N) is 2. The van der Waals surface area contributed by atoms with Crippen LogP contribution in [0.1, 0.15) is 6.92 Å². The van der Waals surface area contributed by atoms with E-state index in [1.165, 1.54) is 0 Å². The van der Waals surface area contributed by atoms with Gasteiger partial charge in [0, 0.05) is 14.1 Å². The van der Waals surface area contributed by atoms with Crippen LogP contribution < -0.4 is 0 Å². The van der Waals surface area contributed by atoms with Gasteiger partial charge < -0.3 is 5.01 Å². The standard InChI is InChI=1S/C5H10N2O/c1-5(4-8)6-7(2)3/h4H,1-3H3/b6-5+. The first-order valence-electron chi connectivity index (χ1n) is 2.34. The van der Waals surface area contributed by atoms with Crippen LogP contribution in [-0.2, 0) is 4.79 Å². The number of carbonyl (C=O) groups is 1. The predicted octanol–water partition coefficient (Wildman–Crippen LogP) is 0.123. The Balaban J connectivity index is 3.74. The molecule has 0 atom stereocenters. The summed E-state index contributed by atoms with van der Waals surface area (Å²) in [5, 5.41) is 5.36. The van der Waals surface area contributed by atoms with Gasteiger partial charge in [-0.2, -0.15) is 5.10 Å². The minimum absolute atomic E-state index is 0.495. The van der Waals surface area contributed by atoms with Crippen LogP contribution in [0.4, 0.5) is 0 Å². The zero-order valence-corrected chi connectivity index (χ0v) is 5.38. The molecule has 0 heterocycles. The SMILES string of the molecule is C/C(C=O)=N\N(C)C. The maximum atomic E-state index is 9.88. The molecular weight excluding hydrogens is 104 g/mol. The van der Waals surface area contributed by atoms with Gasteiger partial charge in [0.05, 0.1) is 5.71 Å². The third-order valence-corrected chi connectivity index (χ3v) is 0.528. The van der Waals surface area contributed by atoms with Crippen molar-refractivity contribution in [3.8, 4) is 0 Å². The van der Waals surface area contributed by atoms with Gasteiger partial charge in [-0.15, -0.1) is 0 Å². The van der Waals surface area contributed by atoms with Crippen LogP contribution in [0.25, 0.3) is 0 Å². The van der Waals surface area contributed by atoms with Gasteiger partial charge in [-0.25, -0.2) is 0 Å². The number of rotatable bonds is 2. The number of aldehydes is 1. The Bertz CT molecular complexity index is 107. The van der Waals surface area contributed by atoms with Crippen LogP contribution in [0, 0.1) is 0 Å². The molecule has 0 N–H and O–H groups in total. The molecule has 0 aromatic heterocycles. The molecule has 46 valence electrons. The summed E-state index contributed by atoms with van der Waals surface area (Å²) >= 11 is 0. The van der Waals surface area contributed by atoms with E-state index in [1.807, 2.05) is 0 Å². The molecule has 0 aromatic rings. The minimum Gasteiger partial charge on any atom is -0.303 e. The Hall–Kier alpha value is -0.860. The summed E-state index contributed by atoms with van der Waals surface area (Å²) in [5.74, 6) is 0. The van der Waals surface area contributed by atoms with Crippen molar-refractivity contribution in [3.63, 3.8) is 0 Å². The lowest BCUT2D eigenvalue weighted by molar-refractivity contribution is -0.102. The van der Waals surface area contributed by atoms with E-state index < -0.39 is 0 Å². The second kappa shape index (κ2) is 3.18. The average molecular weight is 114 g/mol. The van der Waals surface area contributed by atoms with Crippen LogP contribution in [0.3, 0.4) is 0 Å². The van der Waals surface area contributed by atoms with Crippen molar-refractivity contribution < 1.29 is 4.79 Å². The maximum Gasteiger partial charge on any atom is 0.165 e. The van der Waals surface area contributed by atoms with E-state index in [0.29, 0.717) is 5.71 Å². The van der Waals surface area contributed by atoms with Crippen LogP contribution in [0.5, 0.6) is 0 Å². The van der Waals surface area contributed by atoms with Crippen molar-refractivity contribution in [2.45, 2.75) is 6.92 Å². The van der Waals surface area contributed by atoms with E-state index in [2.05, 4.69) is 5.10 Å². The molecule has 0 rings (SSSR count). The quantitative estimate of drug-likeness (QED) is 0.290. The van der Waals surface area contributed by atoms with Crippen molar-refractivity contribution >= 4 is 12.0 Å². The molecule has 0 aliphatic heterocycles. The first kappa shape index (κ1) is 7.14. The lowest BCUT2D eigenvalue weighted by Gasteiger charge is -2.01. The Morgan fingerprint density at radius 2 is 2.12 bits per heavy atom. The normalized spacial score (nSPS) is 11.1. The summed E-state index contributed by atoms with van der Waals surface area (Å²) in [7, 11) is 3.54. The highest BCUT2D eigenvalue weighted by atomic mass is 16.1. The first-order valence-corrected chi connectivity index (χ1v) is 2.34. The Morgan fingerprint density at radius 3 is 2.25 bits per heavy atom. The van der Waals surface area contributed by atoms with Gasteiger partial charge in [0.15, 0.2) is 6.29 Å². The second-order valence-corrected chi connectivity index (χ2v) is 1.71. The highest BCUT2D eigenvalue weighted by Crippen LogP contribution is 1.75. The molecule has 0 saturated heterocycles. The number of hydrogen-bond donors (Lipinski definition) is 0. The second-order valence-electron chi connectivity index (χ2n) is 1.71. The van der Waals surface area contributed by atoms with Crippen molar-refractivity contribution in [1.82, 2.24) is 5.01 Å². The molecule has 3 nitrogen and oxygen atoms in total. The maximum absolute atomic E-state index is 9.88. The molecule has 0 bridgehead atoms. The summed E-state index contributed by atoms with van der Waals surface area (Å²) in [6.07, 6.45) is 0.722. The molecule has 8 heavy (non-hydrogen) atoms. The molecule has 0 amide bonds. The van der Waals surface area contributed by atoms with E-state index in [1.54, 1.807) is 26.0 Å². The summed E-state index contributed by atoms with van der Waals surface area (Å²) in [6, 6.07) is 0. The van der Waals surface area contributed by atoms with Gasteiger partial charge in [0.25, 0.3) is 0 Å². The van der Waals surface area contributed by atoms with Gasteiger partial charge >= 0.3 is 0 Å². The zero-order chi connectivity index (χ0) is 6.57. The van der Waals surface area contributed by atoms with E-state index >= 15 is 0 Å². The lowest BCUT2D eigenvalue weighted by atomic mass is 10.5. The molecule has 3 heteroatoms. The molecule has 0 saturated carbocycles. The number of carbonyl (C=O) groups excluding carboxylic acids is 1. The summed E-state index contributed by atoms with van der Waals surface area (Å²) in [5.41, 5.74) is 0.495. The highest BCUT2D eigenvalue weighted by Gasteiger charge is 1.83. The van der Waals surface area contributed by atoms with Crippen LogP contribution in [0.15, 0.2) is 5.10 Å². The number of hydrazone groups is 1. The van der Waals surface area contributed by atoms with Crippen LogP contribution >= 0.6 is 0 Å². The van der Waals surface area contributed by atoms with E-state index in [4.69, 9.17) is 0 Å². The average Bonchev–Trinajstić information content (AvgIpc) is 1.65. The van der Waals surface area contributed by atoms with Gasteiger partial charge in [-0.3, -0.25) is 4.79 Å². The monoisotopic (exact) mass is 114 g/mol. The van der Waals surface area contributed by atoms with Crippen molar-refractivity contribution in [3.05, 3.63) is 0 Å². The van der Waals surface area contributed by atoms with E-state index in [0.717, 1.165) is 6.29 Å². The molecule has 0 aliphatic carbocycles. The smallest absolute Gasteiger partial charge is 0.165 e. The van der Waals surface area contributed by atoms with Gasteiger partial charge in [-0.05, 0) is 6.92 Å². The number of hydrogen-bond acceptors (Lipinski definition) is 3. The fraction of sp³-hybridized carbons (Fsp3) is 0.600. The Morgan fingerprint density at radius 1 is 1.62 bits per heavy atom. The largest absolute Gasteiger partial charge is 0.303 e. The molecular formula is C5H10N2O. The van der Waals surface area contributed by atoms with Gasteiger partial charge in [-0.1, -0.05) is 0 Å². The molecule has 0 spiro atoms. The summed E-state index contributed by atoms with van der Waals surface area (Å²) < 4.78 is 0. The topological polar surface area (TPSA) is 32.7 Å². The Labute approximate surface area is 49.0 Å². The Kier molecular flexibility index (Phi) is 2.84. The zero-order valence-electron chi connectivity index (χ0n) is 5.38. The third-order valence-electron chi connectivity index (χ3n) is 0.528. The van der Waals surface area contributed by atoms with Crippen LogP contribution in [-0.4, -0.2) is 31.1 Å². The third kappa shape index (κ3) is 3.33. The predicted molar refractivity (Wildman–Crippen MR) is 32.9 cm³/mol. The van der Waals surface area contributed by atoms with Crippen molar-refractivity contribution in [1.29, 1.82) is 0 Å². The molecule has 0 unspecified atom stereocenters. The lowest BCUT2D eigenvalue weighted by Crippen LogP contribution is -2.06. The van der Waals surface area contributed by atoms with Gasteiger partial charge in [0.2, 0.25) is 0 Å². The van der Waals surface area contributed by atoms with Crippen molar-refractivity contribution in [2.24, 2.45) is 5.10 Å². The molecule has 0 aromatic carbocycles. The fourth-order valence-electron chi connectivity index (χ4n) is 0.339. The van der Waals surface area contributed by atoms with E-state index in [-0.39, 0.29) is 0 Å². The first-order chi connectivity index (χ1) is 3.66. The molecule has 0 radical (unpaired) electrons. The summed E-state index contributed by atoms with van der Waals surface area (Å²) in [6.45, 7) is 1.66. The van der Waals surface area contributed by atoms with Gasteiger partial charge in [0.1, 0.15) is 0 Å². The fourth-order valence-corrected chi connectivity index (χ4v) is 0.339. The minimum atomic E-state index is 0.495. The highest BCUT2D eigenvalue weighted by molar-refractivity contribution is 6.26. The van der Waals surface area contributed by atoms with Crippen LogP contribution in [0.2, 0.25) is 0 Å². The summed E-state index contributed by atoms with van der Waals surface area (Å²) in [4.78, 5) is 9.88.